The lowest BCUT2D eigenvalue weighted by atomic mass is 10.0. The van der Waals surface area contributed by atoms with Gasteiger partial charge in [-0.1, -0.05) is 12.1 Å². The highest BCUT2D eigenvalue weighted by Gasteiger charge is 2.14. The first-order valence-corrected chi connectivity index (χ1v) is 4.98. The maximum Gasteiger partial charge on any atom is 0.308 e. The Morgan fingerprint density at radius 2 is 2.12 bits per heavy atom. The molecule has 0 spiro atoms. The van der Waals surface area contributed by atoms with Crippen LogP contribution in [0.1, 0.15) is 23.7 Å². The second kappa shape index (κ2) is 5.51. The van der Waals surface area contributed by atoms with E-state index in [2.05, 4.69) is 4.74 Å². The van der Waals surface area contributed by atoms with Gasteiger partial charge in [0.25, 0.3) is 0 Å². The van der Waals surface area contributed by atoms with Crippen LogP contribution in [0.5, 0.6) is 5.75 Å². The molecule has 16 heavy (non-hydrogen) atoms. The molecule has 0 amide bonds. The Balaban J connectivity index is 2.83. The van der Waals surface area contributed by atoms with Gasteiger partial charge in [-0.2, -0.15) is 0 Å². The van der Waals surface area contributed by atoms with E-state index in [-0.39, 0.29) is 6.42 Å². The number of rotatable bonds is 4. The van der Waals surface area contributed by atoms with Gasteiger partial charge in [-0.3, -0.25) is 4.79 Å². The third-order valence-corrected chi connectivity index (χ3v) is 2.40. The molecule has 0 aliphatic carbocycles. The Hall–Kier alpha value is -1.55. The van der Waals surface area contributed by atoms with E-state index in [0.717, 1.165) is 5.56 Å². The summed E-state index contributed by atoms with van der Waals surface area (Å²) in [6.07, 6.45) is -0.912. The Bertz CT molecular complexity index is 373. The van der Waals surface area contributed by atoms with Crippen LogP contribution in [0.2, 0.25) is 0 Å². The van der Waals surface area contributed by atoms with Crippen molar-refractivity contribution in [1.82, 2.24) is 0 Å². The standard InChI is InChI=1S/C12H16O4/c1-8-4-5-9(6-11(8)15-2)10(13)7-12(14)16-3/h4-6,10,13H,7H2,1-3H3. The average molecular weight is 224 g/mol. The van der Waals surface area contributed by atoms with Crippen molar-refractivity contribution in [3.63, 3.8) is 0 Å². The number of carbonyl (C=O) groups excluding carboxylic acids is 1. The van der Waals surface area contributed by atoms with Crippen molar-refractivity contribution in [2.75, 3.05) is 14.2 Å². The molecule has 4 nitrogen and oxygen atoms in total. The second-order valence-corrected chi connectivity index (χ2v) is 3.53. The van der Waals surface area contributed by atoms with Crippen molar-refractivity contribution in [1.29, 1.82) is 0 Å². The summed E-state index contributed by atoms with van der Waals surface area (Å²) in [5, 5.41) is 9.78. The fourth-order valence-electron chi connectivity index (χ4n) is 1.40. The van der Waals surface area contributed by atoms with Crippen LogP contribution in [0.25, 0.3) is 0 Å². The summed E-state index contributed by atoms with van der Waals surface area (Å²) in [7, 11) is 2.86. The first-order valence-electron chi connectivity index (χ1n) is 4.98. The largest absolute Gasteiger partial charge is 0.496 e. The molecule has 1 rings (SSSR count). The molecule has 0 aliphatic heterocycles. The van der Waals surface area contributed by atoms with Crippen molar-refractivity contribution in [3.05, 3.63) is 29.3 Å². The number of aliphatic hydroxyl groups is 1. The highest BCUT2D eigenvalue weighted by molar-refractivity contribution is 5.70. The lowest BCUT2D eigenvalue weighted by Gasteiger charge is -2.12. The van der Waals surface area contributed by atoms with E-state index in [4.69, 9.17) is 4.74 Å². The highest BCUT2D eigenvalue weighted by Crippen LogP contribution is 2.24. The second-order valence-electron chi connectivity index (χ2n) is 3.53. The number of hydrogen-bond donors (Lipinski definition) is 1. The average Bonchev–Trinajstić information content (AvgIpc) is 2.29. The van der Waals surface area contributed by atoms with Crippen LogP contribution in [-0.2, 0) is 9.53 Å². The molecule has 0 fully saturated rings. The zero-order valence-corrected chi connectivity index (χ0v) is 9.69. The summed E-state index contributed by atoms with van der Waals surface area (Å²) in [5.74, 6) is 0.258. The summed E-state index contributed by atoms with van der Waals surface area (Å²) < 4.78 is 9.63. The molecule has 1 aromatic rings. The monoisotopic (exact) mass is 224 g/mol. The van der Waals surface area contributed by atoms with Crippen molar-refractivity contribution < 1.29 is 19.4 Å². The Morgan fingerprint density at radius 1 is 1.44 bits per heavy atom. The number of aliphatic hydroxyl groups excluding tert-OH is 1. The van der Waals surface area contributed by atoms with Crippen LogP contribution in [0.4, 0.5) is 0 Å². The number of esters is 1. The summed E-state index contributed by atoms with van der Waals surface area (Å²) >= 11 is 0. The predicted octanol–water partition coefficient (Wildman–Crippen LogP) is 1.60. The molecule has 0 radical (unpaired) electrons. The molecule has 0 bridgehead atoms. The first kappa shape index (κ1) is 12.5. The number of benzene rings is 1. The van der Waals surface area contributed by atoms with Crippen molar-refractivity contribution >= 4 is 5.97 Å². The van der Waals surface area contributed by atoms with Crippen LogP contribution < -0.4 is 4.74 Å². The van der Waals surface area contributed by atoms with Crippen LogP contribution in [0.15, 0.2) is 18.2 Å². The summed E-state index contributed by atoms with van der Waals surface area (Å²) in [6, 6.07) is 5.34. The summed E-state index contributed by atoms with van der Waals surface area (Å²) in [6.45, 7) is 1.91. The normalized spacial score (nSPS) is 12.0. The molecule has 0 aliphatic rings. The van der Waals surface area contributed by atoms with Crippen LogP contribution in [-0.4, -0.2) is 25.3 Å². The number of methoxy groups -OCH3 is 2. The lowest BCUT2D eigenvalue weighted by molar-refractivity contribution is -0.142. The highest BCUT2D eigenvalue weighted by atomic mass is 16.5. The molecule has 0 saturated carbocycles. The fraction of sp³-hybridized carbons (Fsp3) is 0.417. The number of aryl methyl sites for hydroxylation is 1. The zero-order chi connectivity index (χ0) is 12.1. The van der Waals surface area contributed by atoms with Gasteiger partial charge in [0.2, 0.25) is 0 Å². The van der Waals surface area contributed by atoms with Gasteiger partial charge in [0.05, 0.1) is 26.7 Å². The van der Waals surface area contributed by atoms with E-state index in [9.17, 15) is 9.90 Å². The summed E-state index contributed by atoms with van der Waals surface area (Å²) in [5.41, 5.74) is 1.63. The van der Waals surface area contributed by atoms with Gasteiger partial charge >= 0.3 is 5.97 Å². The number of ether oxygens (including phenoxy) is 2. The third-order valence-electron chi connectivity index (χ3n) is 2.40. The van der Waals surface area contributed by atoms with Gasteiger partial charge in [0.15, 0.2) is 0 Å². The van der Waals surface area contributed by atoms with Crippen molar-refractivity contribution in [3.8, 4) is 5.75 Å². The maximum atomic E-state index is 11.0. The van der Waals surface area contributed by atoms with E-state index < -0.39 is 12.1 Å². The van der Waals surface area contributed by atoms with Gasteiger partial charge in [0.1, 0.15) is 5.75 Å². The first-order chi connectivity index (χ1) is 7.58. The Kier molecular flexibility index (Phi) is 4.31. The van der Waals surface area contributed by atoms with E-state index in [1.165, 1.54) is 7.11 Å². The number of carbonyl (C=O) groups is 1. The van der Waals surface area contributed by atoms with Crippen molar-refractivity contribution in [2.45, 2.75) is 19.4 Å². The molecule has 88 valence electrons. The molecule has 0 saturated heterocycles. The van der Waals surface area contributed by atoms with Gasteiger partial charge in [0, 0.05) is 0 Å². The van der Waals surface area contributed by atoms with E-state index in [1.54, 1.807) is 19.2 Å². The zero-order valence-electron chi connectivity index (χ0n) is 9.69. The molecular formula is C12H16O4. The molecule has 4 heteroatoms. The maximum absolute atomic E-state index is 11.0. The van der Waals surface area contributed by atoms with Crippen LogP contribution >= 0.6 is 0 Å². The molecule has 1 aromatic carbocycles. The SMILES string of the molecule is COC(=O)CC(O)c1ccc(C)c(OC)c1. The third kappa shape index (κ3) is 2.97. The molecule has 0 aromatic heterocycles. The predicted molar refractivity (Wildman–Crippen MR) is 59.3 cm³/mol. The van der Waals surface area contributed by atoms with Gasteiger partial charge in [-0.25, -0.2) is 0 Å². The minimum Gasteiger partial charge on any atom is -0.496 e. The van der Waals surface area contributed by atoms with Crippen LogP contribution in [0, 0.1) is 6.92 Å². The Morgan fingerprint density at radius 3 is 2.69 bits per heavy atom. The van der Waals surface area contributed by atoms with Gasteiger partial charge in [-0.15, -0.1) is 0 Å². The van der Waals surface area contributed by atoms with E-state index in [0.29, 0.717) is 11.3 Å². The fourth-order valence-corrected chi connectivity index (χ4v) is 1.40. The molecule has 1 unspecified atom stereocenters. The van der Waals surface area contributed by atoms with Crippen LogP contribution in [0.3, 0.4) is 0 Å². The molecule has 1 N–H and O–H groups in total. The molecular weight excluding hydrogens is 208 g/mol. The topological polar surface area (TPSA) is 55.8 Å². The smallest absolute Gasteiger partial charge is 0.308 e. The van der Waals surface area contributed by atoms with E-state index in [1.807, 2.05) is 13.0 Å². The molecule has 1 atom stereocenters. The molecule has 0 heterocycles. The summed E-state index contributed by atoms with van der Waals surface area (Å²) in [4.78, 5) is 11.0. The quantitative estimate of drug-likeness (QED) is 0.789. The minimum absolute atomic E-state index is 0.0529. The number of hydrogen-bond acceptors (Lipinski definition) is 4. The lowest BCUT2D eigenvalue weighted by Crippen LogP contribution is -2.08. The van der Waals surface area contributed by atoms with Crippen molar-refractivity contribution in [2.24, 2.45) is 0 Å². The Labute approximate surface area is 94.8 Å². The van der Waals surface area contributed by atoms with E-state index >= 15 is 0 Å². The van der Waals surface area contributed by atoms with Gasteiger partial charge in [-0.05, 0) is 24.1 Å². The van der Waals surface area contributed by atoms with Gasteiger partial charge < -0.3 is 14.6 Å². The minimum atomic E-state index is -0.859.